The van der Waals surface area contributed by atoms with Crippen LogP contribution in [0, 0.1) is 0 Å². The Balaban J connectivity index is 2.26. The molecule has 0 spiro atoms. The topological polar surface area (TPSA) is 0 Å². The van der Waals surface area contributed by atoms with E-state index in [1.54, 1.807) is 0 Å². The molecule has 0 N–H and O–H groups in total. The van der Waals surface area contributed by atoms with Gasteiger partial charge in [-0.1, -0.05) is 13.0 Å². The van der Waals surface area contributed by atoms with Gasteiger partial charge in [-0.2, -0.15) is 0 Å². The van der Waals surface area contributed by atoms with Crippen LogP contribution < -0.4 is 0 Å². The maximum atomic E-state index is 2.29. The van der Waals surface area contributed by atoms with Crippen LogP contribution in [0.5, 0.6) is 0 Å². The van der Waals surface area contributed by atoms with Crippen LogP contribution in [0.2, 0.25) is 0 Å². The summed E-state index contributed by atoms with van der Waals surface area (Å²) in [7, 11) is 0. The highest BCUT2D eigenvalue weighted by atomic mass is 32.2. The molecule has 0 nitrogen and oxygen atoms in total. The fourth-order valence-electron chi connectivity index (χ4n) is 1.24. The van der Waals surface area contributed by atoms with Crippen molar-refractivity contribution in [2.45, 2.75) is 18.2 Å². The monoisotopic (exact) mass is 208 g/mol. The second kappa shape index (κ2) is 4.16. The zero-order chi connectivity index (χ0) is 9.10. The summed E-state index contributed by atoms with van der Waals surface area (Å²) in [5, 5.41) is 3.52. The van der Waals surface area contributed by atoms with Gasteiger partial charge < -0.3 is 0 Å². The quantitative estimate of drug-likeness (QED) is 0.674. The smallest absolute Gasteiger partial charge is 0.0353 e. The average molecular weight is 208 g/mol. The second-order valence-electron chi connectivity index (χ2n) is 2.97. The average Bonchev–Trinajstić information content (AvgIpc) is 2.61. The van der Waals surface area contributed by atoms with Gasteiger partial charge in [0.2, 0.25) is 0 Å². The van der Waals surface area contributed by atoms with Crippen molar-refractivity contribution in [1.29, 1.82) is 0 Å². The zero-order valence-electron chi connectivity index (χ0n) is 7.62. The molecule has 1 aromatic heterocycles. The molecule has 2 heteroatoms. The number of benzene rings is 1. The van der Waals surface area contributed by atoms with Crippen LogP contribution in [-0.4, -0.2) is 5.75 Å². The highest BCUT2D eigenvalue weighted by molar-refractivity contribution is 7.99. The fourth-order valence-corrected chi connectivity index (χ4v) is 2.95. The largest absolute Gasteiger partial charge is 0.144 e. The minimum atomic E-state index is 1.22. The van der Waals surface area contributed by atoms with Gasteiger partial charge in [-0.05, 0) is 41.1 Å². The SMILES string of the molecule is CCCSc1ccc2ccsc2c1. The molecule has 0 unspecified atom stereocenters. The maximum absolute atomic E-state index is 2.29. The van der Waals surface area contributed by atoms with E-state index in [2.05, 4.69) is 36.6 Å². The molecule has 0 aliphatic rings. The van der Waals surface area contributed by atoms with E-state index in [9.17, 15) is 0 Å². The maximum Gasteiger partial charge on any atom is 0.0353 e. The van der Waals surface area contributed by atoms with E-state index in [0.717, 1.165) is 0 Å². The summed E-state index contributed by atoms with van der Waals surface area (Å²) in [5.41, 5.74) is 0. The molecule has 1 heterocycles. The summed E-state index contributed by atoms with van der Waals surface area (Å²) in [6.45, 7) is 2.22. The van der Waals surface area contributed by atoms with Gasteiger partial charge in [-0.15, -0.1) is 23.1 Å². The lowest BCUT2D eigenvalue weighted by atomic mass is 10.3. The summed E-state index contributed by atoms with van der Waals surface area (Å²) in [4.78, 5) is 1.40. The molecule has 0 aliphatic heterocycles. The molecule has 0 aliphatic carbocycles. The van der Waals surface area contributed by atoms with Crippen molar-refractivity contribution in [3.05, 3.63) is 29.6 Å². The van der Waals surface area contributed by atoms with Gasteiger partial charge in [0.1, 0.15) is 0 Å². The van der Waals surface area contributed by atoms with E-state index < -0.39 is 0 Å². The van der Waals surface area contributed by atoms with Crippen LogP contribution in [0.15, 0.2) is 34.5 Å². The van der Waals surface area contributed by atoms with Crippen molar-refractivity contribution in [1.82, 2.24) is 0 Å². The molecule has 1 aromatic carbocycles. The van der Waals surface area contributed by atoms with Gasteiger partial charge in [-0.25, -0.2) is 0 Å². The molecule has 0 saturated heterocycles. The van der Waals surface area contributed by atoms with E-state index in [4.69, 9.17) is 0 Å². The van der Waals surface area contributed by atoms with Crippen molar-refractivity contribution >= 4 is 33.2 Å². The summed E-state index contributed by atoms with van der Waals surface area (Å²) in [6, 6.07) is 8.90. The van der Waals surface area contributed by atoms with E-state index >= 15 is 0 Å². The Kier molecular flexibility index (Phi) is 2.91. The number of rotatable bonds is 3. The Morgan fingerprint density at radius 1 is 1.31 bits per heavy atom. The standard InChI is InChI=1S/C11H12S2/c1-2-6-12-10-4-3-9-5-7-13-11(9)8-10/h3-5,7-8H,2,6H2,1H3. The van der Waals surface area contributed by atoms with Gasteiger partial charge in [0, 0.05) is 9.60 Å². The van der Waals surface area contributed by atoms with Crippen molar-refractivity contribution < 1.29 is 0 Å². The van der Waals surface area contributed by atoms with Gasteiger partial charge in [0.25, 0.3) is 0 Å². The minimum Gasteiger partial charge on any atom is -0.144 e. The van der Waals surface area contributed by atoms with Crippen LogP contribution in [0.1, 0.15) is 13.3 Å². The molecule has 0 atom stereocenters. The van der Waals surface area contributed by atoms with Gasteiger partial charge in [-0.3, -0.25) is 0 Å². The summed E-state index contributed by atoms with van der Waals surface area (Å²) in [5.74, 6) is 1.22. The normalized spacial score (nSPS) is 10.8. The van der Waals surface area contributed by atoms with Gasteiger partial charge in [0.15, 0.2) is 0 Å². The van der Waals surface area contributed by atoms with Crippen LogP contribution >= 0.6 is 23.1 Å². The van der Waals surface area contributed by atoms with Gasteiger partial charge >= 0.3 is 0 Å². The Hall–Kier alpha value is -0.470. The molecule has 0 amide bonds. The van der Waals surface area contributed by atoms with Crippen molar-refractivity contribution in [2.24, 2.45) is 0 Å². The van der Waals surface area contributed by atoms with Crippen LogP contribution in [0.3, 0.4) is 0 Å². The Labute approximate surface area is 87.0 Å². The lowest BCUT2D eigenvalue weighted by Crippen LogP contribution is -1.74. The lowest BCUT2D eigenvalue weighted by molar-refractivity contribution is 1.10. The van der Waals surface area contributed by atoms with Gasteiger partial charge in [0.05, 0.1) is 0 Å². The Bertz CT molecular complexity index is 390. The summed E-state index contributed by atoms with van der Waals surface area (Å²) >= 11 is 3.77. The van der Waals surface area contributed by atoms with Crippen LogP contribution in [-0.2, 0) is 0 Å². The first-order valence-electron chi connectivity index (χ1n) is 4.50. The van der Waals surface area contributed by atoms with E-state index in [0.29, 0.717) is 0 Å². The first-order valence-corrected chi connectivity index (χ1v) is 6.37. The number of thiophene rings is 1. The third kappa shape index (κ3) is 2.06. The minimum absolute atomic E-state index is 1.22. The van der Waals surface area contributed by atoms with Crippen LogP contribution in [0.25, 0.3) is 10.1 Å². The van der Waals surface area contributed by atoms with Crippen molar-refractivity contribution in [3.63, 3.8) is 0 Å². The molecule has 0 saturated carbocycles. The number of hydrogen-bond acceptors (Lipinski definition) is 2. The predicted molar refractivity (Wildman–Crippen MR) is 62.8 cm³/mol. The summed E-state index contributed by atoms with van der Waals surface area (Å²) < 4.78 is 1.40. The second-order valence-corrected chi connectivity index (χ2v) is 5.08. The number of hydrogen-bond donors (Lipinski definition) is 0. The lowest BCUT2D eigenvalue weighted by Gasteiger charge is -1.98. The molecule has 0 radical (unpaired) electrons. The molecule has 13 heavy (non-hydrogen) atoms. The van der Waals surface area contributed by atoms with E-state index in [1.165, 1.54) is 27.2 Å². The zero-order valence-corrected chi connectivity index (χ0v) is 9.25. The molecule has 0 bridgehead atoms. The molecule has 2 rings (SSSR count). The molecule has 68 valence electrons. The first-order chi connectivity index (χ1) is 6.40. The molecular weight excluding hydrogens is 196 g/mol. The Morgan fingerprint density at radius 3 is 3.08 bits per heavy atom. The van der Waals surface area contributed by atoms with E-state index in [-0.39, 0.29) is 0 Å². The van der Waals surface area contributed by atoms with E-state index in [1.807, 2.05) is 23.1 Å². The van der Waals surface area contributed by atoms with Crippen molar-refractivity contribution in [2.75, 3.05) is 5.75 Å². The number of thioether (sulfide) groups is 1. The molecule has 0 fully saturated rings. The van der Waals surface area contributed by atoms with Crippen molar-refractivity contribution in [3.8, 4) is 0 Å². The summed E-state index contributed by atoms with van der Waals surface area (Å²) in [6.07, 6.45) is 1.24. The first kappa shape index (κ1) is 9.10. The highest BCUT2D eigenvalue weighted by Crippen LogP contribution is 2.27. The highest BCUT2D eigenvalue weighted by Gasteiger charge is 1.97. The van der Waals surface area contributed by atoms with Crippen LogP contribution in [0.4, 0.5) is 0 Å². The third-order valence-corrected chi connectivity index (χ3v) is 3.98. The predicted octanol–water partition coefficient (Wildman–Crippen LogP) is 4.40. The molecular formula is C11H12S2. The fraction of sp³-hybridized carbons (Fsp3) is 0.273. The Morgan fingerprint density at radius 2 is 2.23 bits per heavy atom. The number of fused-ring (bicyclic) bond motifs is 1. The molecule has 2 aromatic rings. The third-order valence-electron chi connectivity index (χ3n) is 1.90.